The van der Waals surface area contributed by atoms with Crippen LogP contribution < -0.4 is 10.6 Å². The maximum Gasteiger partial charge on any atom is 0.271 e. The molecule has 0 saturated carbocycles. The summed E-state index contributed by atoms with van der Waals surface area (Å²) in [7, 11) is 0. The number of non-ortho nitro benzene ring substituents is 1. The van der Waals surface area contributed by atoms with E-state index >= 15 is 0 Å². The Morgan fingerprint density at radius 3 is 2.62 bits per heavy atom. The number of hydrogen-bond acceptors (Lipinski definition) is 8. The van der Waals surface area contributed by atoms with Crippen molar-refractivity contribution in [3.05, 3.63) is 73.0 Å². The number of thiophene rings is 1. The van der Waals surface area contributed by atoms with E-state index in [4.69, 9.17) is 5.73 Å². The summed E-state index contributed by atoms with van der Waals surface area (Å²) in [5.74, 6) is -0.344. The first-order chi connectivity index (χ1) is 16.0. The number of nitro benzene ring substituents is 1. The van der Waals surface area contributed by atoms with Crippen molar-refractivity contribution in [1.82, 2.24) is 0 Å². The molecule has 34 heavy (non-hydrogen) atoms. The Bertz CT molecular complexity index is 1330. The number of carbonyl (C=O) groups excluding carboxylic acids is 1. The molecule has 0 fully saturated rings. The van der Waals surface area contributed by atoms with Gasteiger partial charge in [-0.25, -0.2) is 0 Å². The first kappa shape index (κ1) is 24.0. The van der Waals surface area contributed by atoms with Gasteiger partial charge in [0, 0.05) is 34.7 Å². The second kappa shape index (κ2) is 8.60. The number of Topliss-reactive ketones (excluding diaryl/α,β-unsaturated/α-hetero) is 1. The molecule has 176 valence electrons. The van der Waals surface area contributed by atoms with Crippen molar-refractivity contribution in [2.45, 2.75) is 50.7 Å². The van der Waals surface area contributed by atoms with Crippen molar-refractivity contribution >= 4 is 40.3 Å². The average molecular weight is 495 g/mol. The molecule has 1 aromatic carbocycles. The van der Waals surface area contributed by atoms with E-state index in [0.29, 0.717) is 29.7 Å². The van der Waals surface area contributed by atoms with Crippen LogP contribution in [-0.2, 0) is 4.79 Å². The van der Waals surface area contributed by atoms with Crippen molar-refractivity contribution in [3.8, 4) is 6.07 Å². The first-order valence-corrected chi connectivity index (χ1v) is 12.9. The molecular formula is C25H26N4O3S2. The van der Waals surface area contributed by atoms with Crippen LogP contribution >= 0.6 is 23.1 Å². The second-order valence-electron chi connectivity index (χ2n) is 9.51. The predicted octanol–water partition coefficient (Wildman–Crippen LogP) is 5.94. The number of nitro groups is 1. The van der Waals surface area contributed by atoms with Crippen LogP contribution in [0.5, 0.6) is 0 Å². The largest absolute Gasteiger partial charge is 0.384 e. The third-order valence-electron chi connectivity index (χ3n) is 6.37. The third-order valence-corrected chi connectivity index (χ3v) is 8.59. The highest BCUT2D eigenvalue weighted by atomic mass is 32.2. The molecule has 2 aliphatic rings. The monoisotopic (exact) mass is 494 g/mol. The molecule has 2 N–H and O–H groups in total. The summed E-state index contributed by atoms with van der Waals surface area (Å²) < 4.78 is 1.05. The highest BCUT2D eigenvalue weighted by Gasteiger charge is 2.45. The van der Waals surface area contributed by atoms with Gasteiger partial charge in [0.1, 0.15) is 5.82 Å². The van der Waals surface area contributed by atoms with E-state index in [9.17, 15) is 20.2 Å². The van der Waals surface area contributed by atoms with Gasteiger partial charge >= 0.3 is 0 Å². The van der Waals surface area contributed by atoms with E-state index < -0.39 is 10.8 Å². The van der Waals surface area contributed by atoms with Gasteiger partial charge in [-0.15, -0.1) is 23.1 Å². The third kappa shape index (κ3) is 3.91. The van der Waals surface area contributed by atoms with Crippen LogP contribution in [0.15, 0.2) is 51.1 Å². The molecule has 0 saturated heterocycles. The molecule has 7 nitrogen and oxygen atoms in total. The molecule has 2 aromatic rings. The fourth-order valence-electron chi connectivity index (χ4n) is 4.92. The minimum absolute atomic E-state index is 0.0134. The van der Waals surface area contributed by atoms with Crippen molar-refractivity contribution < 1.29 is 9.72 Å². The van der Waals surface area contributed by atoms with Crippen molar-refractivity contribution in [2.75, 3.05) is 11.2 Å². The van der Waals surface area contributed by atoms with E-state index in [-0.39, 0.29) is 22.7 Å². The Hall–Kier alpha value is -3.09. The van der Waals surface area contributed by atoms with Gasteiger partial charge in [-0.2, -0.15) is 5.26 Å². The summed E-state index contributed by atoms with van der Waals surface area (Å²) in [5, 5.41) is 21.8. The quantitative estimate of drug-likeness (QED) is 0.318. The van der Waals surface area contributed by atoms with Gasteiger partial charge in [-0.05, 0) is 49.1 Å². The summed E-state index contributed by atoms with van der Waals surface area (Å²) in [6.45, 7) is 7.91. The number of benzene rings is 1. The zero-order chi connectivity index (χ0) is 24.9. The number of aryl methyl sites for hydroxylation is 2. The number of allylic oxidation sites excluding steroid dienone is 3. The minimum atomic E-state index is -0.550. The number of rotatable bonds is 4. The summed E-state index contributed by atoms with van der Waals surface area (Å²) >= 11 is 3.23. The Labute approximate surface area is 207 Å². The molecule has 4 rings (SSSR count). The number of anilines is 1. The topological polar surface area (TPSA) is 113 Å². The van der Waals surface area contributed by atoms with Gasteiger partial charge in [0.2, 0.25) is 0 Å². The average Bonchev–Trinajstić information content (AvgIpc) is 3.13. The van der Waals surface area contributed by atoms with E-state index in [0.717, 1.165) is 25.9 Å². The second-order valence-corrected chi connectivity index (χ2v) is 11.8. The molecule has 0 amide bonds. The molecule has 1 unspecified atom stereocenters. The van der Waals surface area contributed by atoms with E-state index in [2.05, 4.69) is 6.07 Å². The van der Waals surface area contributed by atoms with E-state index in [1.54, 1.807) is 34.1 Å². The summed E-state index contributed by atoms with van der Waals surface area (Å²) in [6.07, 6.45) is 2.90. The minimum Gasteiger partial charge on any atom is -0.384 e. The lowest BCUT2D eigenvalue weighted by molar-refractivity contribution is -0.384. The fourth-order valence-corrected chi connectivity index (χ4v) is 6.83. The molecule has 0 bridgehead atoms. The van der Waals surface area contributed by atoms with Crippen LogP contribution in [0.25, 0.3) is 0 Å². The first-order valence-electron chi connectivity index (χ1n) is 10.8. The van der Waals surface area contributed by atoms with Crippen LogP contribution in [0.3, 0.4) is 0 Å². The Kier molecular flexibility index (Phi) is 6.08. The van der Waals surface area contributed by atoms with Gasteiger partial charge in [-0.1, -0.05) is 19.9 Å². The highest BCUT2D eigenvalue weighted by Crippen LogP contribution is 2.52. The van der Waals surface area contributed by atoms with Gasteiger partial charge < -0.3 is 5.73 Å². The van der Waals surface area contributed by atoms with Crippen LogP contribution in [0, 0.1) is 40.7 Å². The van der Waals surface area contributed by atoms with Crippen LogP contribution in [0.4, 0.5) is 11.4 Å². The SMILES string of the molecule is CSc1sc(C)cc1C1C(C#N)=C(N)N(c2cc([N+](=O)[O-])ccc2C)C2=C1C(=O)CC(C)(C)C2. The van der Waals surface area contributed by atoms with Crippen molar-refractivity contribution in [3.63, 3.8) is 0 Å². The number of thioether (sulfide) groups is 1. The maximum atomic E-state index is 13.7. The van der Waals surface area contributed by atoms with Gasteiger partial charge in [0.25, 0.3) is 5.69 Å². The summed E-state index contributed by atoms with van der Waals surface area (Å²) in [5.41, 5.74) is 10.1. The van der Waals surface area contributed by atoms with E-state index in [1.165, 1.54) is 12.1 Å². The maximum absolute atomic E-state index is 13.7. The Morgan fingerprint density at radius 2 is 2.00 bits per heavy atom. The normalized spacial score (nSPS) is 19.8. The van der Waals surface area contributed by atoms with Gasteiger partial charge in [0.05, 0.1) is 32.4 Å². The summed E-state index contributed by atoms with van der Waals surface area (Å²) in [4.78, 5) is 27.5. The van der Waals surface area contributed by atoms with Crippen molar-refractivity contribution in [1.29, 1.82) is 5.26 Å². The molecular weight excluding hydrogens is 468 g/mol. The zero-order valence-electron chi connectivity index (χ0n) is 19.8. The number of ketones is 1. The standard InChI is InChI=1S/C25H26N4O3S2/c1-13-6-7-15(29(31)32)9-18(13)28-19-10-25(3,4)11-20(30)22(19)21(17(12-26)23(28)27)16-8-14(2)34-24(16)33-5/h6-9,21H,10-11,27H2,1-5H3. The smallest absolute Gasteiger partial charge is 0.271 e. The molecule has 1 aromatic heterocycles. The molecule has 0 radical (unpaired) electrons. The van der Waals surface area contributed by atoms with Crippen LogP contribution in [0.2, 0.25) is 0 Å². The molecule has 0 spiro atoms. The lowest BCUT2D eigenvalue weighted by atomic mass is 9.69. The molecule has 9 heteroatoms. The number of hydrogen-bond donors (Lipinski definition) is 1. The van der Waals surface area contributed by atoms with Gasteiger partial charge in [0.15, 0.2) is 5.78 Å². The number of nitriles is 1. The zero-order valence-corrected chi connectivity index (χ0v) is 21.4. The Morgan fingerprint density at radius 1 is 1.29 bits per heavy atom. The predicted molar refractivity (Wildman–Crippen MR) is 136 cm³/mol. The van der Waals surface area contributed by atoms with Crippen molar-refractivity contribution in [2.24, 2.45) is 11.1 Å². The molecule has 2 heterocycles. The van der Waals surface area contributed by atoms with Crippen LogP contribution in [0.1, 0.15) is 48.6 Å². The summed E-state index contributed by atoms with van der Waals surface area (Å²) in [6, 6.07) is 8.90. The number of carbonyl (C=O) groups is 1. The van der Waals surface area contributed by atoms with E-state index in [1.807, 2.05) is 40.0 Å². The number of nitrogens with zero attached hydrogens (tertiary/aromatic N) is 3. The number of nitrogens with two attached hydrogens (primary N) is 1. The molecule has 1 aliphatic heterocycles. The fraction of sp³-hybridized carbons (Fsp3) is 0.360. The van der Waals surface area contributed by atoms with Crippen LogP contribution in [-0.4, -0.2) is 17.0 Å². The molecule has 1 atom stereocenters. The lowest BCUT2D eigenvalue weighted by Gasteiger charge is -2.44. The Balaban J connectivity index is 2.06. The molecule has 1 aliphatic carbocycles. The lowest BCUT2D eigenvalue weighted by Crippen LogP contribution is -2.42. The highest BCUT2D eigenvalue weighted by molar-refractivity contribution is 8.00. The van der Waals surface area contributed by atoms with Gasteiger partial charge in [-0.3, -0.25) is 19.8 Å².